The molecule has 2 aromatic carbocycles. The van der Waals surface area contributed by atoms with Gasteiger partial charge in [0.1, 0.15) is 0 Å². The van der Waals surface area contributed by atoms with Gasteiger partial charge in [-0.3, -0.25) is 4.98 Å². The van der Waals surface area contributed by atoms with Crippen LogP contribution in [0.4, 0.5) is 5.69 Å². The number of rotatable bonds is 3. The zero-order valence-electron chi connectivity index (χ0n) is 13.7. The minimum absolute atomic E-state index is 0. The van der Waals surface area contributed by atoms with Crippen LogP contribution in [0.15, 0.2) is 42.5 Å². The summed E-state index contributed by atoms with van der Waals surface area (Å²) in [6, 6.07) is 13.7. The highest BCUT2D eigenvalue weighted by Gasteiger charge is 2.10. The number of hydrogen-bond donors (Lipinski definition) is 1. The molecule has 1 aromatic heterocycles. The highest BCUT2D eigenvalue weighted by atomic mass is 35.5. The summed E-state index contributed by atoms with van der Waals surface area (Å²) in [6.07, 6.45) is 0. The number of aryl methyl sites for hydroxylation is 1. The molecule has 0 aliphatic heterocycles. The van der Waals surface area contributed by atoms with Gasteiger partial charge < -0.3 is 15.2 Å². The van der Waals surface area contributed by atoms with Gasteiger partial charge in [0.15, 0.2) is 11.5 Å². The second kappa shape index (κ2) is 8.08. The summed E-state index contributed by atoms with van der Waals surface area (Å²) in [4.78, 5) is 4.69. The molecule has 3 rings (SSSR count). The van der Waals surface area contributed by atoms with Crippen molar-refractivity contribution in [2.45, 2.75) is 6.92 Å². The van der Waals surface area contributed by atoms with Crippen molar-refractivity contribution in [2.75, 3.05) is 20.0 Å². The van der Waals surface area contributed by atoms with E-state index in [0.29, 0.717) is 11.5 Å². The van der Waals surface area contributed by atoms with E-state index < -0.39 is 0 Å². The van der Waals surface area contributed by atoms with Crippen LogP contribution >= 0.6 is 24.8 Å². The van der Waals surface area contributed by atoms with Crippen molar-refractivity contribution in [3.05, 3.63) is 48.2 Å². The van der Waals surface area contributed by atoms with Crippen molar-refractivity contribution < 1.29 is 9.47 Å². The zero-order valence-corrected chi connectivity index (χ0v) is 15.3. The van der Waals surface area contributed by atoms with Gasteiger partial charge in [-0.1, -0.05) is 12.1 Å². The Morgan fingerprint density at radius 2 is 1.58 bits per heavy atom. The number of hydrogen-bond acceptors (Lipinski definition) is 4. The van der Waals surface area contributed by atoms with Gasteiger partial charge in [0, 0.05) is 22.3 Å². The first kappa shape index (κ1) is 19.9. The molecule has 0 atom stereocenters. The Hall–Kier alpha value is -2.17. The van der Waals surface area contributed by atoms with Gasteiger partial charge >= 0.3 is 0 Å². The molecule has 2 N–H and O–H groups in total. The Bertz CT molecular complexity index is 854. The standard InChI is InChI=1S/C18H18N2O2.2ClH/c1-11-15-10-18(22-3)17(21-2)9-13(15)8-16(20-11)12-5-4-6-14(19)7-12;;/h4-10H,19H2,1-3H3;2*1H. The highest BCUT2D eigenvalue weighted by Crippen LogP contribution is 2.35. The summed E-state index contributed by atoms with van der Waals surface area (Å²) in [7, 11) is 3.27. The average Bonchev–Trinajstić information content (AvgIpc) is 2.53. The van der Waals surface area contributed by atoms with Crippen LogP contribution in [0.5, 0.6) is 11.5 Å². The predicted octanol–water partition coefficient (Wildman–Crippen LogP) is 4.65. The van der Waals surface area contributed by atoms with Crippen LogP contribution in [-0.2, 0) is 0 Å². The van der Waals surface area contributed by atoms with Gasteiger partial charge in [0.2, 0.25) is 0 Å². The van der Waals surface area contributed by atoms with Crippen LogP contribution in [0, 0.1) is 6.92 Å². The number of methoxy groups -OCH3 is 2. The van der Waals surface area contributed by atoms with Crippen molar-refractivity contribution in [2.24, 2.45) is 0 Å². The molecule has 0 bridgehead atoms. The van der Waals surface area contributed by atoms with Crippen LogP contribution in [0.1, 0.15) is 5.69 Å². The fraction of sp³-hybridized carbons (Fsp3) is 0.167. The number of halogens is 2. The Balaban J connectivity index is 0.00000144. The number of nitrogen functional groups attached to an aromatic ring is 1. The topological polar surface area (TPSA) is 57.4 Å². The summed E-state index contributed by atoms with van der Waals surface area (Å²) in [5.74, 6) is 1.41. The van der Waals surface area contributed by atoms with E-state index in [0.717, 1.165) is 33.4 Å². The molecule has 0 saturated heterocycles. The molecule has 4 nitrogen and oxygen atoms in total. The van der Waals surface area contributed by atoms with Crippen LogP contribution in [0.2, 0.25) is 0 Å². The molecule has 0 aliphatic rings. The van der Waals surface area contributed by atoms with Crippen molar-refractivity contribution in [1.82, 2.24) is 4.98 Å². The van der Waals surface area contributed by atoms with Gasteiger partial charge in [0.05, 0.1) is 19.9 Å². The number of aromatic nitrogens is 1. The molecule has 1 heterocycles. The summed E-state index contributed by atoms with van der Waals surface area (Å²) < 4.78 is 10.7. The van der Waals surface area contributed by atoms with E-state index in [4.69, 9.17) is 20.2 Å². The maximum absolute atomic E-state index is 5.87. The summed E-state index contributed by atoms with van der Waals surface area (Å²) in [6.45, 7) is 1.99. The van der Waals surface area contributed by atoms with E-state index in [1.165, 1.54) is 0 Å². The monoisotopic (exact) mass is 366 g/mol. The number of nitrogens with two attached hydrogens (primary N) is 1. The SMILES string of the molecule is COc1cc2cc(-c3cccc(N)c3)nc(C)c2cc1OC.Cl.Cl. The Kier molecular flexibility index (Phi) is 6.70. The fourth-order valence-electron chi connectivity index (χ4n) is 2.59. The van der Waals surface area contributed by atoms with Crippen molar-refractivity contribution in [3.8, 4) is 22.8 Å². The maximum atomic E-state index is 5.87. The van der Waals surface area contributed by atoms with Crippen molar-refractivity contribution in [3.63, 3.8) is 0 Å². The zero-order chi connectivity index (χ0) is 15.7. The number of ether oxygens (including phenoxy) is 2. The molecule has 128 valence electrons. The van der Waals surface area contributed by atoms with Gasteiger partial charge in [-0.05, 0) is 42.6 Å². The molecular weight excluding hydrogens is 347 g/mol. The van der Waals surface area contributed by atoms with Crippen molar-refractivity contribution >= 4 is 41.3 Å². The third kappa shape index (κ3) is 3.66. The second-order valence-electron chi connectivity index (χ2n) is 5.15. The minimum atomic E-state index is 0. The fourth-order valence-corrected chi connectivity index (χ4v) is 2.59. The Labute approximate surface area is 153 Å². The lowest BCUT2D eigenvalue weighted by atomic mass is 10.0. The first-order valence-electron chi connectivity index (χ1n) is 7.01. The molecular formula is C18H20Cl2N2O2. The van der Waals surface area contributed by atoms with E-state index in [1.807, 2.05) is 49.4 Å². The quantitative estimate of drug-likeness (QED) is 0.685. The molecule has 0 spiro atoms. The molecule has 3 aromatic rings. The van der Waals surface area contributed by atoms with E-state index in [1.54, 1.807) is 14.2 Å². The van der Waals surface area contributed by atoms with Crippen LogP contribution in [0.25, 0.3) is 22.0 Å². The number of fused-ring (bicyclic) bond motifs is 1. The highest BCUT2D eigenvalue weighted by molar-refractivity contribution is 5.90. The predicted molar refractivity (Wildman–Crippen MR) is 104 cm³/mol. The summed E-state index contributed by atoms with van der Waals surface area (Å²) in [5, 5.41) is 2.10. The van der Waals surface area contributed by atoms with E-state index >= 15 is 0 Å². The lowest BCUT2D eigenvalue weighted by molar-refractivity contribution is 0.356. The molecule has 6 heteroatoms. The Morgan fingerprint density at radius 3 is 2.21 bits per heavy atom. The number of nitrogens with zero attached hydrogens (tertiary/aromatic N) is 1. The molecule has 0 fully saturated rings. The molecule has 0 radical (unpaired) electrons. The molecule has 0 saturated carbocycles. The molecule has 0 amide bonds. The van der Waals surface area contributed by atoms with Crippen LogP contribution in [0.3, 0.4) is 0 Å². The number of pyridine rings is 1. The lowest BCUT2D eigenvalue weighted by Gasteiger charge is -2.12. The van der Waals surface area contributed by atoms with Crippen LogP contribution < -0.4 is 15.2 Å². The van der Waals surface area contributed by atoms with Gasteiger partial charge in [-0.25, -0.2) is 0 Å². The normalized spacial score (nSPS) is 9.79. The first-order chi connectivity index (χ1) is 10.6. The van der Waals surface area contributed by atoms with E-state index in [9.17, 15) is 0 Å². The third-order valence-corrected chi connectivity index (χ3v) is 3.71. The number of benzene rings is 2. The summed E-state index contributed by atoms with van der Waals surface area (Å²) >= 11 is 0. The third-order valence-electron chi connectivity index (χ3n) is 3.71. The van der Waals surface area contributed by atoms with Gasteiger partial charge in [-0.2, -0.15) is 0 Å². The smallest absolute Gasteiger partial charge is 0.161 e. The van der Waals surface area contributed by atoms with Crippen molar-refractivity contribution in [1.29, 1.82) is 0 Å². The van der Waals surface area contributed by atoms with E-state index in [-0.39, 0.29) is 24.8 Å². The second-order valence-corrected chi connectivity index (χ2v) is 5.15. The summed E-state index contributed by atoms with van der Waals surface area (Å²) in [5.41, 5.74) is 9.43. The van der Waals surface area contributed by atoms with Gasteiger partial charge in [-0.15, -0.1) is 24.8 Å². The Morgan fingerprint density at radius 1 is 0.917 bits per heavy atom. The maximum Gasteiger partial charge on any atom is 0.161 e. The molecule has 0 unspecified atom stereocenters. The minimum Gasteiger partial charge on any atom is -0.493 e. The van der Waals surface area contributed by atoms with Gasteiger partial charge in [0.25, 0.3) is 0 Å². The average molecular weight is 367 g/mol. The molecule has 0 aliphatic carbocycles. The lowest BCUT2D eigenvalue weighted by Crippen LogP contribution is -1.94. The number of anilines is 1. The largest absolute Gasteiger partial charge is 0.493 e. The van der Waals surface area contributed by atoms with E-state index in [2.05, 4.69) is 0 Å². The molecule has 24 heavy (non-hydrogen) atoms. The van der Waals surface area contributed by atoms with Crippen LogP contribution in [-0.4, -0.2) is 19.2 Å². The first-order valence-corrected chi connectivity index (χ1v) is 7.01.